The summed E-state index contributed by atoms with van der Waals surface area (Å²) in [5.74, 6) is -8.26. The number of phenols is 1. The zero-order valence-electron chi connectivity index (χ0n) is 25.9. The van der Waals surface area contributed by atoms with E-state index in [1.54, 1.807) is 27.3 Å². The summed E-state index contributed by atoms with van der Waals surface area (Å²) in [6.07, 6.45) is 1.85. The smallest absolute Gasteiger partial charge is 0.187 e. The van der Waals surface area contributed by atoms with Gasteiger partial charge in [-0.3, -0.25) is 29.0 Å². The number of carbonyl (C=O) groups is 4. The number of nitrogens with zero attached hydrogens (tertiary/aromatic N) is 2. The van der Waals surface area contributed by atoms with Crippen molar-refractivity contribution >= 4 is 23.1 Å². The highest BCUT2D eigenvalue weighted by Crippen LogP contribution is 2.52. The molecule has 240 valence electrons. The van der Waals surface area contributed by atoms with Crippen molar-refractivity contribution in [3.05, 3.63) is 47.0 Å². The number of carbonyl (C=O) groups excluding carboxylic acids is 4. The molecule has 1 aliphatic heterocycles. The Morgan fingerprint density at radius 2 is 1.76 bits per heavy atom. The lowest BCUT2D eigenvalue weighted by Crippen LogP contribution is -2.74. The largest absolute Gasteiger partial charge is 0.507 e. The molecule has 4 aliphatic rings. The molecule has 2 aromatic carbocycles. The zero-order chi connectivity index (χ0) is 32.4. The maximum atomic E-state index is 14.2. The van der Waals surface area contributed by atoms with Crippen LogP contribution in [0.25, 0.3) is 11.1 Å². The van der Waals surface area contributed by atoms with Gasteiger partial charge in [-0.1, -0.05) is 18.6 Å². The highest BCUT2D eigenvalue weighted by atomic mass is 16.5. The molecule has 7 atom stereocenters. The third kappa shape index (κ3) is 4.92. The molecule has 1 heterocycles. The minimum absolute atomic E-state index is 0.0209. The van der Waals surface area contributed by atoms with Crippen LogP contribution in [-0.2, 0) is 27.3 Å². The lowest BCUT2D eigenvalue weighted by Gasteiger charge is -2.53. The van der Waals surface area contributed by atoms with Gasteiger partial charge in [0.2, 0.25) is 0 Å². The molecule has 11 heteroatoms. The van der Waals surface area contributed by atoms with E-state index >= 15 is 0 Å². The van der Waals surface area contributed by atoms with E-state index in [4.69, 9.17) is 10.5 Å². The highest BCUT2D eigenvalue weighted by Gasteiger charge is 2.69. The normalized spacial score (nSPS) is 31.0. The molecule has 3 aliphatic carbocycles. The lowest BCUT2D eigenvalue weighted by atomic mass is 9.52. The molecule has 0 spiro atoms. The predicted molar refractivity (Wildman–Crippen MR) is 163 cm³/mol. The average molecular weight is 620 g/mol. The van der Waals surface area contributed by atoms with E-state index in [-0.39, 0.29) is 24.2 Å². The summed E-state index contributed by atoms with van der Waals surface area (Å²) < 4.78 is 5.73. The maximum absolute atomic E-state index is 14.2. The number of likely N-dealkylation sites (N-methyl/N-ethyl adjacent to an activating group) is 1. The molecule has 6 rings (SSSR count). The average Bonchev–Trinajstić information content (AvgIpc) is 2.99. The second-order valence-electron chi connectivity index (χ2n) is 13.3. The summed E-state index contributed by atoms with van der Waals surface area (Å²) in [7, 11) is 4.76. The van der Waals surface area contributed by atoms with Gasteiger partial charge in [0, 0.05) is 18.0 Å². The van der Waals surface area contributed by atoms with Gasteiger partial charge in [-0.05, 0) is 93.7 Å². The lowest BCUT2D eigenvalue weighted by molar-refractivity contribution is -0.184. The van der Waals surface area contributed by atoms with Crippen LogP contribution in [0, 0.1) is 23.7 Å². The maximum Gasteiger partial charge on any atom is 0.187 e. The standard InChI is InChI=1S/C34H41N3O8/c1-36(2)28-22-15-18-14-21-19(20-13-17(7-10-24(20)45-3)16-37-11-5-4-6-12-37)8-9-23(38)26(21)29(39)25(18)31(41)34(22,44)32(42)27(30(28)40)33(35)43/h7-10,13,18,22,25,27-28,33,38,43-44H,4-6,11-12,14-16,35H2,1-3H3/t18-,22-,25?,27?,28-,33?,34-/m0/s1. The number of benzene rings is 2. The first-order chi connectivity index (χ1) is 21.4. The molecule has 0 amide bonds. The van der Waals surface area contributed by atoms with Crippen LogP contribution in [0.5, 0.6) is 11.5 Å². The Kier molecular flexibility index (Phi) is 8.20. The van der Waals surface area contributed by atoms with E-state index in [2.05, 4.69) is 4.90 Å². The number of aliphatic hydroxyl groups excluding tert-OH is 1. The van der Waals surface area contributed by atoms with Gasteiger partial charge in [-0.15, -0.1) is 0 Å². The van der Waals surface area contributed by atoms with Crippen molar-refractivity contribution in [2.45, 2.75) is 56.5 Å². The Hall–Kier alpha value is -3.48. The second-order valence-corrected chi connectivity index (χ2v) is 13.3. The van der Waals surface area contributed by atoms with Crippen molar-refractivity contribution in [1.82, 2.24) is 9.80 Å². The number of aliphatic hydroxyl groups is 2. The molecule has 5 N–H and O–H groups in total. The van der Waals surface area contributed by atoms with Crippen LogP contribution in [0.1, 0.15) is 47.2 Å². The minimum atomic E-state index is -2.69. The van der Waals surface area contributed by atoms with Gasteiger partial charge in [0.15, 0.2) is 28.7 Å². The first kappa shape index (κ1) is 31.5. The fourth-order valence-electron chi connectivity index (χ4n) is 8.38. The molecule has 3 unspecified atom stereocenters. The quantitative estimate of drug-likeness (QED) is 0.272. The molecular formula is C34H41N3O8. The zero-order valence-corrected chi connectivity index (χ0v) is 25.9. The van der Waals surface area contributed by atoms with Gasteiger partial charge in [0.25, 0.3) is 0 Å². The number of hydrogen-bond acceptors (Lipinski definition) is 11. The molecule has 11 nitrogen and oxygen atoms in total. The van der Waals surface area contributed by atoms with Gasteiger partial charge in [-0.25, -0.2) is 0 Å². The first-order valence-corrected chi connectivity index (χ1v) is 15.6. The van der Waals surface area contributed by atoms with E-state index in [0.29, 0.717) is 16.9 Å². The van der Waals surface area contributed by atoms with Crippen molar-refractivity contribution in [2.75, 3.05) is 34.3 Å². The molecular weight excluding hydrogens is 578 g/mol. The van der Waals surface area contributed by atoms with Crippen LogP contribution in [-0.4, -0.2) is 100 Å². The number of nitrogens with two attached hydrogens (primary N) is 1. The fourth-order valence-corrected chi connectivity index (χ4v) is 8.38. The number of ether oxygens (including phenoxy) is 1. The highest BCUT2D eigenvalue weighted by molar-refractivity contribution is 6.27. The van der Waals surface area contributed by atoms with Crippen molar-refractivity contribution < 1.29 is 39.2 Å². The summed E-state index contributed by atoms with van der Waals surface area (Å²) in [6, 6.07) is 8.04. The van der Waals surface area contributed by atoms with E-state index < -0.39 is 64.7 Å². The molecule has 2 saturated carbocycles. The minimum Gasteiger partial charge on any atom is -0.507 e. The van der Waals surface area contributed by atoms with Crippen LogP contribution in [0.2, 0.25) is 0 Å². The molecule has 45 heavy (non-hydrogen) atoms. The van der Waals surface area contributed by atoms with Crippen molar-refractivity contribution in [1.29, 1.82) is 0 Å². The molecule has 0 aromatic heterocycles. The van der Waals surface area contributed by atoms with Gasteiger partial charge in [0.1, 0.15) is 23.6 Å². The van der Waals surface area contributed by atoms with Gasteiger partial charge in [0.05, 0.1) is 24.6 Å². The number of rotatable bonds is 6. The number of piperidine rings is 1. The van der Waals surface area contributed by atoms with Crippen LogP contribution >= 0.6 is 0 Å². The summed E-state index contributed by atoms with van der Waals surface area (Å²) in [5, 5.41) is 33.0. The molecule has 1 saturated heterocycles. The monoisotopic (exact) mass is 619 g/mol. The Bertz CT molecular complexity index is 1560. The van der Waals surface area contributed by atoms with E-state index in [0.717, 1.165) is 43.6 Å². The number of Topliss-reactive ketones (excluding diaryl/α,β-unsaturated/α-hetero) is 4. The fraction of sp³-hybridized carbons (Fsp3) is 0.529. The van der Waals surface area contributed by atoms with Crippen LogP contribution in [0.4, 0.5) is 0 Å². The number of phenolic OH excluding ortho intramolecular Hbond substituents is 1. The molecule has 0 radical (unpaired) electrons. The van der Waals surface area contributed by atoms with Crippen LogP contribution in [0.3, 0.4) is 0 Å². The van der Waals surface area contributed by atoms with Crippen molar-refractivity contribution in [3.63, 3.8) is 0 Å². The molecule has 3 fully saturated rings. The Morgan fingerprint density at radius 1 is 1.04 bits per heavy atom. The predicted octanol–water partition coefficient (Wildman–Crippen LogP) is 1.32. The number of likely N-dealkylation sites (tertiary alicyclic amines) is 1. The number of hydrogen-bond donors (Lipinski definition) is 4. The van der Waals surface area contributed by atoms with Crippen molar-refractivity contribution in [3.8, 4) is 22.6 Å². The van der Waals surface area contributed by atoms with Gasteiger partial charge in [-0.2, -0.15) is 0 Å². The number of methoxy groups -OCH3 is 1. The number of aromatic hydroxyl groups is 1. The number of fused-ring (bicyclic) bond motifs is 3. The summed E-state index contributed by atoms with van der Waals surface area (Å²) >= 11 is 0. The SMILES string of the molecule is COc1ccc(CN2CCCCC2)cc1-c1ccc(O)c2c1C[C@H]1C[C@H]3[C@H](N(C)C)C(=O)C(C(N)O)C(=O)[C@@]3(O)C(=O)C1C2=O. The van der Waals surface area contributed by atoms with Crippen molar-refractivity contribution in [2.24, 2.45) is 29.4 Å². The van der Waals surface area contributed by atoms with Gasteiger partial charge >= 0.3 is 0 Å². The number of ketones is 4. The summed E-state index contributed by atoms with van der Waals surface area (Å²) in [4.78, 5) is 59.2. The Morgan fingerprint density at radius 3 is 2.40 bits per heavy atom. The third-order valence-corrected chi connectivity index (χ3v) is 10.5. The Labute approximate surface area is 261 Å². The molecule has 2 aromatic rings. The summed E-state index contributed by atoms with van der Waals surface area (Å²) in [5.41, 5.74) is 5.96. The van der Waals surface area contributed by atoms with Gasteiger partial charge < -0.3 is 25.8 Å². The van der Waals surface area contributed by atoms with E-state index in [9.17, 15) is 34.5 Å². The first-order valence-electron chi connectivity index (χ1n) is 15.6. The second kappa shape index (κ2) is 11.7. The topological polar surface area (TPSA) is 171 Å². The van der Waals surface area contributed by atoms with Crippen LogP contribution < -0.4 is 10.5 Å². The third-order valence-electron chi connectivity index (χ3n) is 10.5. The van der Waals surface area contributed by atoms with Crippen LogP contribution in [0.15, 0.2) is 30.3 Å². The Balaban J connectivity index is 1.44. The van der Waals surface area contributed by atoms with E-state index in [1.165, 1.54) is 17.4 Å². The molecule has 0 bridgehead atoms. The summed E-state index contributed by atoms with van der Waals surface area (Å²) in [6.45, 7) is 2.82. The van der Waals surface area contributed by atoms with E-state index in [1.807, 2.05) is 18.2 Å².